The second-order valence-corrected chi connectivity index (χ2v) is 6.32. The summed E-state index contributed by atoms with van der Waals surface area (Å²) in [6, 6.07) is 9.09. The van der Waals surface area contributed by atoms with Crippen molar-refractivity contribution in [1.29, 1.82) is 0 Å². The van der Waals surface area contributed by atoms with E-state index in [9.17, 15) is 14.7 Å². The number of rotatable bonds is 4. The van der Waals surface area contributed by atoms with Crippen molar-refractivity contribution < 1.29 is 24.0 Å². The number of methoxy groups -OCH3 is 1. The minimum Gasteiger partial charge on any atom is -0.496 e. The van der Waals surface area contributed by atoms with Crippen molar-refractivity contribution in [2.24, 2.45) is 0 Å². The van der Waals surface area contributed by atoms with Gasteiger partial charge in [-0.1, -0.05) is 23.4 Å². The van der Waals surface area contributed by atoms with E-state index in [0.29, 0.717) is 23.0 Å². The molecule has 0 aliphatic carbocycles. The molecule has 0 saturated carbocycles. The number of aryl methyl sites for hydroxylation is 1. The van der Waals surface area contributed by atoms with Gasteiger partial charge in [-0.3, -0.25) is 9.36 Å². The molecule has 0 spiro atoms. The topological polar surface area (TPSA) is 107 Å². The van der Waals surface area contributed by atoms with Crippen molar-refractivity contribution in [2.75, 3.05) is 12.4 Å². The maximum Gasteiger partial charge on any atom is 0.339 e. The van der Waals surface area contributed by atoms with Crippen LogP contribution in [0.25, 0.3) is 5.82 Å². The molecule has 1 amide bonds. The number of nitrogens with zero attached hydrogens (tertiary/aromatic N) is 2. The predicted octanol–water partition coefficient (Wildman–Crippen LogP) is 2.95. The van der Waals surface area contributed by atoms with Crippen LogP contribution in [0, 0.1) is 6.92 Å². The van der Waals surface area contributed by atoms with Crippen LogP contribution >= 0.6 is 0 Å². The molecule has 1 aliphatic rings. The zero-order valence-electron chi connectivity index (χ0n) is 14.7. The summed E-state index contributed by atoms with van der Waals surface area (Å²) < 4.78 is 12.3. The van der Waals surface area contributed by atoms with Crippen molar-refractivity contribution in [1.82, 2.24) is 9.72 Å². The lowest BCUT2D eigenvalue weighted by atomic mass is 9.87. The Labute approximate surface area is 154 Å². The Balaban J connectivity index is 1.99. The molecule has 0 bridgehead atoms. The summed E-state index contributed by atoms with van der Waals surface area (Å²) >= 11 is 0. The highest BCUT2D eigenvalue weighted by molar-refractivity contribution is 6.04. The first-order valence-electron chi connectivity index (χ1n) is 8.34. The van der Waals surface area contributed by atoms with Crippen LogP contribution in [0.15, 0.2) is 41.1 Å². The van der Waals surface area contributed by atoms with E-state index in [1.165, 1.54) is 6.20 Å². The standard InChI is InChI=1S/C19H17N3O5/c1-10-7-15(21-27-10)22-9-13(19(24)25)17-18(22)12(8-16(23)20-17)11-5-3-4-6-14(11)26-2/h3-7,9,12H,8H2,1-2H3,(H,20,23)(H,24,25)/t12-/m0/s1. The molecule has 4 rings (SSSR count). The zero-order valence-corrected chi connectivity index (χ0v) is 14.7. The summed E-state index contributed by atoms with van der Waals surface area (Å²) in [7, 11) is 1.56. The molecule has 3 heterocycles. The molecule has 1 atom stereocenters. The number of carbonyl (C=O) groups is 2. The molecule has 2 N–H and O–H groups in total. The lowest BCUT2D eigenvalue weighted by Gasteiger charge is -2.26. The van der Waals surface area contributed by atoms with Crippen molar-refractivity contribution in [2.45, 2.75) is 19.3 Å². The van der Waals surface area contributed by atoms with Crippen molar-refractivity contribution >= 4 is 17.6 Å². The van der Waals surface area contributed by atoms with E-state index in [-0.39, 0.29) is 23.6 Å². The van der Waals surface area contributed by atoms with Crippen LogP contribution in [0.5, 0.6) is 5.75 Å². The molecule has 1 aliphatic heterocycles. The second-order valence-electron chi connectivity index (χ2n) is 6.32. The molecule has 0 fully saturated rings. The Morgan fingerprint density at radius 3 is 2.85 bits per heavy atom. The fourth-order valence-electron chi connectivity index (χ4n) is 3.50. The summed E-state index contributed by atoms with van der Waals surface area (Å²) in [6.07, 6.45) is 1.62. The Kier molecular flexibility index (Phi) is 3.95. The lowest BCUT2D eigenvalue weighted by molar-refractivity contribution is -0.116. The number of amides is 1. The largest absolute Gasteiger partial charge is 0.496 e. The first-order valence-corrected chi connectivity index (χ1v) is 8.34. The van der Waals surface area contributed by atoms with Gasteiger partial charge in [-0.2, -0.15) is 0 Å². The molecular formula is C19H17N3O5. The van der Waals surface area contributed by atoms with Gasteiger partial charge in [-0.05, 0) is 13.0 Å². The van der Waals surface area contributed by atoms with Gasteiger partial charge in [0, 0.05) is 30.2 Å². The number of carbonyl (C=O) groups excluding carboxylic acids is 1. The quantitative estimate of drug-likeness (QED) is 0.734. The van der Waals surface area contributed by atoms with E-state index in [2.05, 4.69) is 10.5 Å². The molecule has 3 aromatic rings. The van der Waals surface area contributed by atoms with Crippen molar-refractivity contribution in [3.8, 4) is 11.6 Å². The highest BCUT2D eigenvalue weighted by Gasteiger charge is 2.36. The van der Waals surface area contributed by atoms with Gasteiger partial charge in [-0.15, -0.1) is 0 Å². The van der Waals surface area contributed by atoms with Crippen LogP contribution in [-0.4, -0.2) is 33.8 Å². The van der Waals surface area contributed by atoms with E-state index in [0.717, 1.165) is 5.56 Å². The molecule has 1 aromatic carbocycles. The number of ether oxygens (including phenoxy) is 1. The van der Waals surface area contributed by atoms with E-state index in [1.807, 2.05) is 24.3 Å². The monoisotopic (exact) mass is 367 g/mol. The summed E-state index contributed by atoms with van der Waals surface area (Å²) in [4.78, 5) is 24.1. The highest BCUT2D eigenvalue weighted by atomic mass is 16.5. The lowest BCUT2D eigenvalue weighted by Crippen LogP contribution is -2.25. The van der Waals surface area contributed by atoms with Crippen LogP contribution in [0.4, 0.5) is 5.69 Å². The minimum absolute atomic E-state index is 0.00130. The number of para-hydroxylation sites is 1. The van der Waals surface area contributed by atoms with Crippen molar-refractivity contribution in [3.63, 3.8) is 0 Å². The van der Waals surface area contributed by atoms with Crippen LogP contribution in [0.1, 0.15) is 39.7 Å². The number of nitrogens with one attached hydrogen (secondary N) is 1. The van der Waals surface area contributed by atoms with E-state index in [4.69, 9.17) is 9.26 Å². The molecule has 0 unspecified atom stereocenters. The molecule has 27 heavy (non-hydrogen) atoms. The Morgan fingerprint density at radius 1 is 1.41 bits per heavy atom. The minimum atomic E-state index is -1.13. The number of hydrogen-bond donors (Lipinski definition) is 2. The first kappa shape index (κ1) is 16.9. The van der Waals surface area contributed by atoms with Crippen molar-refractivity contribution in [3.05, 3.63) is 59.1 Å². The van der Waals surface area contributed by atoms with Crippen LogP contribution in [0.2, 0.25) is 0 Å². The zero-order chi connectivity index (χ0) is 19.1. The van der Waals surface area contributed by atoms with Crippen LogP contribution in [0.3, 0.4) is 0 Å². The summed E-state index contributed by atoms with van der Waals surface area (Å²) in [6.45, 7) is 1.75. The highest BCUT2D eigenvalue weighted by Crippen LogP contribution is 2.43. The average molecular weight is 367 g/mol. The number of carboxylic acids is 1. The van der Waals surface area contributed by atoms with Crippen LogP contribution < -0.4 is 10.1 Å². The molecule has 0 saturated heterocycles. The predicted molar refractivity (Wildman–Crippen MR) is 95.6 cm³/mol. The first-order chi connectivity index (χ1) is 13.0. The smallest absolute Gasteiger partial charge is 0.339 e. The van der Waals surface area contributed by atoms with Gasteiger partial charge in [0.25, 0.3) is 0 Å². The van der Waals surface area contributed by atoms with E-state index >= 15 is 0 Å². The van der Waals surface area contributed by atoms with Gasteiger partial charge in [-0.25, -0.2) is 4.79 Å². The molecule has 138 valence electrons. The number of fused-ring (bicyclic) bond motifs is 1. The molecular weight excluding hydrogens is 350 g/mol. The molecule has 2 aromatic heterocycles. The molecule has 8 heteroatoms. The van der Waals surface area contributed by atoms with E-state index in [1.54, 1.807) is 24.7 Å². The van der Waals surface area contributed by atoms with Gasteiger partial charge >= 0.3 is 5.97 Å². The maximum absolute atomic E-state index is 12.3. The normalized spacial score (nSPS) is 15.9. The number of hydrogen-bond acceptors (Lipinski definition) is 5. The Hall–Kier alpha value is -3.55. The summed E-state index contributed by atoms with van der Waals surface area (Å²) in [5, 5.41) is 16.3. The Morgan fingerprint density at radius 2 is 2.19 bits per heavy atom. The fourth-order valence-corrected chi connectivity index (χ4v) is 3.50. The van der Waals surface area contributed by atoms with Crippen LogP contribution in [-0.2, 0) is 4.79 Å². The second kappa shape index (κ2) is 6.31. The number of benzene rings is 1. The summed E-state index contributed by atoms with van der Waals surface area (Å²) in [5.74, 6) is -0.106. The molecule has 0 radical (unpaired) electrons. The average Bonchev–Trinajstić information content (AvgIpc) is 3.24. The van der Waals surface area contributed by atoms with Gasteiger partial charge in [0.15, 0.2) is 5.82 Å². The third-order valence-corrected chi connectivity index (χ3v) is 4.63. The number of aromatic nitrogens is 2. The third kappa shape index (κ3) is 2.75. The SMILES string of the molecule is COc1ccccc1[C@@H]1CC(=O)Nc2c(C(=O)O)cn(-c3cc(C)on3)c21. The van der Waals surface area contributed by atoms with Gasteiger partial charge in [0.1, 0.15) is 17.1 Å². The number of anilines is 1. The Bertz CT molecular complexity index is 1050. The summed E-state index contributed by atoms with van der Waals surface area (Å²) in [5.41, 5.74) is 1.70. The van der Waals surface area contributed by atoms with Gasteiger partial charge < -0.3 is 19.7 Å². The number of aromatic carboxylic acids is 1. The maximum atomic E-state index is 12.3. The van der Waals surface area contributed by atoms with E-state index < -0.39 is 11.9 Å². The fraction of sp³-hybridized carbons (Fsp3) is 0.211. The van der Waals surface area contributed by atoms with Gasteiger partial charge in [0.05, 0.1) is 18.5 Å². The number of carboxylic acid groups (broad SMARTS) is 1. The third-order valence-electron chi connectivity index (χ3n) is 4.63. The molecule has 8 nitrogen and oxygen atoms in total. The van der Waals surface area contributed by atoms with Gasteiger partial charge in [0.2, 0.25) is 5.91 Å².